The molecule has 4 nitrogen and oxygen atoms in total. The molecule has 0 heterocycles. The van der Waals surface area contributed by atoms with Crippen LogP contribution in [0.4, 0.5) is 0 Å². The van der Waals surface area contributed by atoms with Crippen LogP contribution in [-0.4, -0.2) is 18.7 Å². The molecule has 5 heteroatoms. The Bertz CT molecular complexity index is 397. The Balaban J connectivity index is 2.97. The van der Waals surface area contributed by atoms with Gasteiger partial charge in [0.1, 0.15) is 0 Å². The molecule has 0 amide bonds. The maximum absolute atomic E-state index is 10.7. The topological polar surface area (TPSA) is 80.4 Å². The minimum absolute atomic E-state index is 0.482. The molecule has 0 saturated carbocycles. The highest BCUT2D eigenvalue weighted by Crippen LogP contribution is 2.18. The molecule has 0 radical (unpaired) electrons. The lowest BCUT2D eigenvalue weighted by molar-refractivity contribution is 0.454. The van der Waals surface area contributed by atoms with E-state index in [0.717, 1.165) is 0 Å². The summed E-state index contributed by atoms with van der Waals surface area (Å²) in [5, 5.41) is 0. The summed E-state index contributed by atoms with van der Waals surface area (Å²) in [5.74, 6) is -0.482. The largest absolute Gasteiger partial charge is 0.321 e. The smallest absolute Gasteiger partial charge is 0.267 e. The lowest BCUT2D eigenvalue weighted by Crippen LogP contribution is -2.40. The van der Waals surface area contributed by atoms with Crippen molar-refractivity contribution in [1.29, 1.82) is 0 Å². The van der Waals surface area contributed by atoms with Gasteiger partial charge in [-0.3, -0.25) is 4.55 Å². The van der Waals surface area contributed by atoms with Crippen LogP contribution in [0.1, 0.15) is 12.5 Å². The van der Waals surface area contributed by atoms with Crippen LogP contribution in [0.25, 0.3) is 0 Å². The van der Waals surface area contributed by atoms with Crippen LogP contribution in [0.5, 0.6) is 0 Å². The minimum Gasteiger partial charge on any atom is -0.321 e. The van der Waals surface area contributed by atoms with Crippen LogP contribution >= 0.6 is 0 Å². The molecule has 0 fully saturated rings. The van der Waals surface area contributed by atoms with Gasteiger partial charge in [-0.05, 0) is 12.5 Å². The first-order chi connectivity index (χ1) is 6.31. The van der Waals surface area contributed by atoms with Gasteiger partial charge in [0.15, 0.2) is 0 Å². The number of benzene rings is 1. The Morgan fingerprint density at radius 3 is 2.29 bits per heavy atom. The third-order valence-corrected chi connectivity index (χ3v) is 2.88. The second kappa shape index (κ2) is 3.68. The number of hydrogen-bond donors (Lipinski definition) is 2. The Morgan fingerprint density at radius 1 is 1.36 bits per heavy atom. The van der Waals surface area contributed by atoms with Gasteiger partial charge < -0.3 is 5.73 Å². The van der Waals surface area contributed by atoms with E-state index in [1.807, 2.05) is 6.07 Å². The van der Waals surface area contributed by atoms with E-state index < -0.39 is 21.4 Å². The summed E-state index contributed by atoms with van der Waals surface area (Å²) in [4.78, 5) is 0. The van der Waals surface area contributed by atoms with Gasteiger partial charge in [-0.1, -0.05) is 30.3 Å². The highest BCUT2D eigenvalue weighted by atomic mass is 32.2. The lowest BCUT2D eigenvalue weighted by Gasteiger charge is -2.23. The quantitative estimate of drug-likeness (QED) is 0.729. The molecule has 0 bridgehead atoms. The fourth-order valence-corrected chi connectivity index (χ4v) is 2.21. The Labute approximate surface area is 83.5 Å². The molecule has 1 aromatic carbocycles. The Morgan fingerprint density at radius 2 is 1.86 bits per heavy atom. The van der Waals surface area contributed by atoms with Crippen LogP contribution in [0.3, 0.4) is 0 Å². The van der Waals surface area contributed by atoms with Gasteiger partial charge in [-0.15, -0.1) is 0 Å². The fourth-order valence-electron chi connectivity index (χ4n) is 1.28. The predicted octanol–water partition coefficient (Wildman–Crippen LogP) is 0.748. The van der Waals surface area contributed by atoms with Crippen molar-refractivity contribution in [3.05, 3.63) is 35.9 Å². The molecule has 0 aliphatic carbocycles. The zero-order valence-corrected chi connectivity index (χ0v) is 8.66. The SMILES string of the molecule is C[C@@](N)(CS(=O)(=O)O)c1ccccc1. The van der Waals surface area contributed by atoms with Gasteiger partial charge in [-0.2, -0.15) is 8.42 Å². The van der Waals surface area contributed by atoms with E-state index in [1.165, 1.54) is 0 Å². The Hall–Kier alpha value is -0.910. The zero-order chi connectivity index (χ0) is 10.8. The third-order valence-electron chi connectivity index (χ3n) is 1.92. The summed E-state index contributed by atoms with van der Waals surface area (Å²) in [7, 11) is -4.05. The van der Waals surface area contributed by atoms with Crippen molar-refractivity contribution < 1.29 is 13.0 Å². The maximum atomic E-state index is 10.7. The highest BCUT2D eigenvalue weighted by Gasteiger charge is 2.26. The molecule has 0 aromatic heterocycles. The summed E-state index contributed by atoms with van der Waals surface area (Å²) in [6.45, 7) is 1.57. The molecule has 0 saturated heterocycles. The van der Waals surface area contributed by atoms with Gasteiger partial charge in [0.05, 0.1) is 11.3 Å². The van der Waals surface area contributed by atoms with E-state index in [2.05, 4.69) is 0 Å². The normalized spacial score (nSPS) is 16.2. The highest BCUT2D eigenvalue weighted by molar-refractivity contribution is 7.85. The van der Waals surface area contributed by atoms with Crippen molar-refractivity contribution in [1.82, 2.24) is 0 Å². The average Bonchev–Trinajstić information content (AvgIpc) is 2.01. The first-order valence-electron chi connectivity index (χ1n) is 4.11. The van der Waals surface area contributed by atoms with E-state index in [9.17, 15) is 8.42 Å². The van der Waals surface area contributed by atoms with Crippen molar-refractivity contribution in [2.24, 2.45) is 5.73 Å². The summed E-state index contributed by atoms with van der Waals surface area (Å²) in [6, 6.07) is 8.80. The zero-order valence-electron chi connectivity index (χ0n) is 7.84. The molecular formula is C9H13NO3S. The van der Waals surface area contributed by atoms with Crippen LogP contribution in [-0.2, 0) is 15.7 Å². The monoisotopic (exact) mass is 215 g/mol. The van der Waals surface area contributed by atoms with E-state index in [4.69, 9.17) is 10.3 Å². The van der Waals surface area contributed by atoms with Crippen molar-refractivity contribution in [3.8, 4) is 0 Å². The molecule has 0 aliphatic heterocycles. The fraction of sp³-hybridized carbons (Fsp3) is 0.333. The number of nitrogens with two attached hydrogens (primary N) is 1. The van der Waals surface area contributed by atoms with Gasteiger partial charge in [0.25, 0.3) is 10.1 Å². The molecule has 78 valence electrons. The first kappa shape index (κ1) is 11.2. The molecule has 0 aliphatic rings. The van der Waals surface area contributed by atoms with Crippen LogP contribution in [0.2, 0.25) is 0 Å². The van der Waals surface area contributed by atoms with E-state index >= 15 is 0 Å². The molecule has 0 unspecified atom stereocenters. The van der Waals surface area contributed by atoms with Crippen LogP contribution in [0.15, 0.2) is 30.3 Å². The molecular weight excluding hydrogens is 202 g/mol. The lowest BCUT2D eigenvalue weighted by atomic mass is 9.96. The molecule has 1 rings (SSSR count). The third kappa shape index (κ3) is 3.10. The second-order valence-corrected chi connectivity index (χ2v) is 4.96. The van der Waals surface area contributed by atoms with E-state index in [1.54, 1.807) is 31.2 Å². The van der Waals surface area contributed by atoms with Crippen molar-refractivity contribution in [2.75, 3.05) is 5.75 Å². The number of hydrogen-bond acceptors (Lipinski definition) is 3. The summed E-state index contributed by atoms with van der Waals surface area (Å²) >= 11 is 0. The van der Waals surface area contributed by atoms with Gasteiger partial charge in [0.2, 0.25) is 0 Å². The van der Waals surface area contributed by atoms with Crippen LogP contribution in [0, 0.1) is 0 Å². The molecule has 3 N–H and O–H groups in total. The van der Waals surface area contributed by atoms with E-state index in [-0.39, 0.29) is 0 Å². The first-order valence-corrected chi connectivity index (χ1v) is 5.72. The molecule has 1 atom stereocenters. The minimum atomic E-state index is -4.05. The van der Waals surface area contributed by atoms with Crippen molar-refractivity contribution in [2.45, 2.75) is 12.5 Å². The van der Waals surface area contributed by atoms with Crippen molar-refractivity contribution in [3.63, 3.8) is 0 Å². The van der Waals surface area contributed by atoms with Gasteiger partial charge >= 0.3 is 0 Å². The second-order valence-electron chi connectivity index (χ2n) is 3.51. The molecule has 1 aromatic rings. The van der Waals surface area contributed by atoms with E-state index in [0.29, 0.717) is 5.56 Å². The summed E-state index contributed by atoms with van der Waals surface area (Å²) < 4.78 is 30.1. The average molecular weight is 215 g/mol. The van der Waals surface area contributed by atoms with Crippen LogP contribution < -0.4 is 5.73 Å². The number of rotatable bonds is 3. The molecule has 0 spiro atoms. The predicted molar refractivity (Wildman–Crippen MR) is 54.4 cm³/mol. The summed E-state index contributed by atoms with van der Waals surface area (Å²) in [5.41, 5.74) is 5.40. The summed E-state index contributed by atoms with van der Waals surface area (Å²) in [6.07, 6.45) is 0. The Kier molecular flexibility index (Phi) is 2.94. The van der Waals surface area contributed by atoms with Crippen molar-refractivity contribution >= 4 is 10.1 Å². The van der Waals surface area contributed by atoms with Gasteiger partial charge in [-0.25, -0.2) is 0 Å². The van der Waals surface area contributed by atoms with Gasteiger partial charge in [0, 0.05) is 0 Å². The standard InChI is InChI=1S/C9H13NO3S/c1-9(10,7-14(11,12)13)8-5-3-2-4-6-8/h2-6H,7,10H2,1H3,(H,11,12,13)/t9-/m1/s1. The molecule has 14 heavy (non-hydrogen) atoms. The maximum Gasteiger partial charge on any atom is 0.267 e.